The highest BCUT2D eigenvalue weighted by molar-refractivity contribution is 7.99. The Bertz CT molecular complexity index is 129. The molecule has 64 valence electrons. The molecule has 1 unspecified atom stereocenters. The van der Waals surface area contributed by atoms with E-state index in [1.54, 1.807) is 0 Å². The smallest absolute Gasteiger partial charge is 0.0633 e. The molecule has 3 heteroatoms. The summed E-state index contributed by atoms with van der Waals surface area (Å²) in [7, 11) is 4.13. The average Bonchev–Trinajstić information content (AvgIpc) is 1.87. The summed E-state index contributed by atoms with van der Waals surface area (Å²) in [6.07, 6.45) is 0.665. The van der Waals surface area contributed by atoms with Crippen molar-refractivity contribution >= 4 is 11.8 Å². The second-order valence-electron chi connectivity index (χ2n) is 2.85. The molecule has 0 saturated heterocycles. The molecule has 0 aliphatic rings. The summed E-state index contributed by atoms with van der Waals surface area (Å²) >= 11 is 1.87. The van der Waals surface area contributed by atoms with Gasteiger partial charge in [0.2, 0.25) is 0 Å². The minimum Gasteiger partial charge on any atom is -0.309 e. The van der Waals surface area contributed by atoms with Crippen molar-refractivity contribution in [2.45, 2.75) is 18.6 Å². The first kappa shape index (κ1) is 10.8. The Morgan fingerprint density at radius 1 is 1.55 bits per heavy atom. The first-order valence-electron chi connectivity index (χ1n) is 3.80. The molecule has 0 heterocycles. The van der Waals surface area contributed by atoms with Crippen LogP contribution in [-0.2, 0) is 0 Å². The molecule has 0 fully saturated rings. The second kappa shape index (κ2) is 6.51. The molecule has 0 N–H and O–H groups in total. The van der Waals surface area contributed by atoms with Gasteiger partial charge in [-0.25, -0.2) is 0 Å². The van der Waals surface area contributed by atoms with Gasteiger partial charge >= 0.3 is 0 Å². The molecular formula is C8H16N2S. The van der Waals surface area contributed by atoms with E-state index in [0.29, 0.717) is 11.7 Å². The van der Waals surface area contributed by atoms with Gasteiger partial charge in [0.15, 0.2) is 0 Å². The molecule has 0 rings (SSSR count). The number of hydrogen-bond acceptors (Lipinski definition) is 3. The van der Waals surface area contributed by atoms with Crippen molar-refractivity contribution in [2.24, 2.45) is 0 Å². The van der Waals surface area contributed by atoms with Crippen molar-refractivity contribution in [3.63, 3.8) is 0 Å². The molecule has 0 aliphatic heterocycles. The lowest BCUT2D eigenvalue weighted by atomic mass is 10.4. The highest BCUT2D eigenvalue weighted by atomic mass is 32.2. The summed E-state index contributed by atoms with van der Waals surface area (Å²) in [6.45, 7) is 3.20. The predicted octanol–water partition coefficient (Wildman–Crippen LogP) is 1.58. The molecule has 0 spiro atoms. The van der Waals surface area contributed by atoms with Gasteiger partial charge in [0.05, 0.1) is 6.07 Å². The van der Waals surface area contributed by atoms with Crippen LogP contribution in [0, 0.1) is 11.3 Å². The van der Waals surface area contributed by atoms with Crippen molar-refractivity contribution in [3.8, 4) is 6.07 Å². The molecule has 0 bridgehead atoms. The zero-order valence-corrected chi connectivity index (χ0v) is 8.32. The topological polar surface area (TPSA) is 27.0 Å². The fraction of sp³-hybridized carbons (Fsp3) is 0.875. The van der Waals surface area contributed by atoms with Crippen molar-refractivity contribution in [2.75, 3.05) is 26.4 Å². The fourth-order valence-electron chi connectivity index (χ4n) is 0.624. The van der Waals surface area contributed by atoms with Crippen molar-refractivity contribution < 1.29 is 0 Å². The van der Waals surface area contributed by atoms with E-state index in [9.17, 15) is 0 Å². The van der Waals surface area contributed by atoms with Crippen LogP contribution < -0.4 is 0 Å². The lowest BCUT2D eigenvalue weighted by molar-refractivity contribution is 0.437. The summed E-state index contributed by atoms with van der Waals surface area (Å²) in [4.78, 5) is 2.16. The Hall–Kier alpha value is -0.200. The van der Waals surface area contributed by atoms with E-state index in [4.69, 9.17) is 5.26 Å². The van der Waals surface area contributed by atoms with Crippen molar-refractivity contribution in [1.82, 2.24) is 4.90 Å². The summed E-state index contributed by atoms with van der Waals surface area (Å²) in [5.74, 6) is 1.12. The summed E-state index contributed by atoms with van der Waals surface area (Å²) in [5, 5.41) is 8.86. The van der Waals surface area contributed by atoms with Gasteiger partial charge in [-0.3, -0.25) is 0 Å². The molecule has 0 aromatic rings. The maximum absolute atomic E-state index is 8.37. The Morgan fingerprint density at radius 3 is 2.64 bits per heavy atom. The number of hydrogen-bond donors (Lipinski definition) is 0. The van der Waals surface area contributed by atoms with Crippen LogP contribution in [0.2, 0.25) is 0 Å². The molecule has 0 aliphatic carbocycles. The third-order valence-electron chi connectivity index (χ3n) is 1.32. The maximum Gasteiger partial charge on any atom is 0.0633 e. The maximum atomic E-state index is 8.37. The summed E-state index contributed by atoms with van der Waals surface area (Å²) in [6, 6.07) is 2.17. The Balaban J connectivity index is 3.18. The highest BCUT2D eigenvalue weighted by Crippen LogP contribution is 2.12. The van der Waals surface area contributed by atoms with E-state index in [1.807, 2.05) is 11.8 Å². The van der Waals surface area contributed by atoms with E-state index in [0.717, 1.165) is 12.3 Å². The van der Waals surface area contributed by atoms with Gasteiger partial charge in [0.25, 0.3) is 0 Å². The van der Waals surface area contributed by atoms with E-state index in [2.05, 4.69) is 32.0 Å². The van der Waals surface area contributed by atoms with Gasteiger partial charge in [0, 0.05) is 24.0 Å². The molecule has 2 nitrogen and oxygen atoms in total. The molecule has 0 saturated carbocycles. The lowest BCUT2D eigenvalue weighted by Gasteiger charge is -2.10. The Morgan fingerprint density at radius 2 is 2.18 bits per heavy atom. The van der Waals surface area contributed by atoms with Crippen LogP contribution in [-0.4, -0.2) is 36.5 Å². The summed E-state index contributed by atoms with van der Waals surface area (Å²) in [5.41, 5.74) is 0. The third-order valence-corrected chi connectivity index (χ3v) is 2.47. The molecule has 11 heavy (non-hydrogen) atoms. The first-order chi connectivity index (χ1) is 5.16. The summed E-state index contributed by atoms with van der Waals surface area (Å²) < 4.78 is 0. The van der Waals surface area contributed by atoms with Crippen molar-refractivity contribution in [3.05, 3.63) is 0 Å². The predicted molar refractivity (Wildman–Crippen MR) is 50.7 cm³/mol. The Labute approximate surface area is 73.6 Å². The van der Waals surface area contributed by atoms with Crippen LogP contribution >= 0.6 is 11.8 Å². The first-order valence-corrected chi connectivity index (χ1v) is 4.85. The van der Waals surface area contributed by atoms with Crippen LogP contribution in [0.4, 0.5) is 0 Å². The minimum atomic E-state index is 0.486. The van der Waals surface area contributed by atoms with Crippen LogP contribution in [0.5, 0.6) is 0 Å². The minimum absolute atomic E-state index is 0.486. The molecular weight excluding hydrogens is 156 g/mol. The average molecular weight is 172 g/mol. The van der Waals surface area contributed by atoms with Gasteiger partial charge in [0.1, 0.15) is 0 Å². The van der Waals surface area contributed by atoms with Crippen LogP contribution in [0.1, 0.15) is 13.3 Å². The van der Waals surface area contributed by atoms with Gasteiger partial charge in [-0.15, -0.1) is 0 Å². The van der Waals surface area contributed by atoms with E-state index >= 15 is 0 Å². The zero-order valence-electron chi connectivity index (χ0n) is 7.50. The van der Waals surface area contributed by atoms with Gasteiger partial charge in [-0.2, -0.15) is 17.0 Å². The fourth-order valence-corrected chi connectivity index (χ4v) is 1.69. The van der Waals surface area contributed by atoms with Crippen LogP contribution in [0.25, 0.3) is 0 Å². The van der Waals surface area contributed by atoms with Gasteiger partial charge < -0.3 is 4.90 Å². The highest BCUT2D eigenvalue weighted by Gasteiger charge is 2.00. The van der Waals surface area contributed by atoms with Crippen molar-refractivity contribution in [1.29, 1.82) is 5.26 Å². The number of rotatable bonds is 5. The third kappa shape index (κ3) is 7.70. The quantitative estimate of drug-likeness (QED) is 0.630. The zero-order chi connectivity index (χ0) is 8.69. The molecule has 1 atom stereocenters. The molecule has 0 amide bonds. The largest absolute Gasteiger partial charge is 0.309 e. The van der Waals surface area contributed by atoms with E-state index in [-0.39, 0.29) is 0 Å². The van der Waals surface area contributed by atoms with Crippen LogP contribution in [0.3, 0.4) is 0 Å². The molecule has 0 aromatic carbocycles. The number of nitriles is 1. The molecule has 0 aromatic heterocycles. The standard InChI is InChI=1S/C8H16N2S/c1-8(4-5-9)11-7-6-10(2)3/h8H,4,6-7H2,1-3H3. The van der Waals surface area contributed by atoms with Gasteiger partial charge in [-0.1, -0.05) is 6.92 Å². The Kier molecular flexibility index (Phi) is 6.39. The molecule has 0 radical (unpaired) electrons. The van der Waals surface area contributed by atoms with Crippen LogP contribution in [0.15, 0.2) is 0 Å². The SMILES string of the molecule is CC(CC#N)SCCN(C)C. The lowest BCUT2D eigenvalue weighted by Crippen LogP contribution is -2.15. The normalized spacial score (nSPS) is 13.0. The van der Waals surface area contributed by atoms with E-state index in [1.165, 1.54) is 0 Å². The van der Waals surface area contributed by atoms with E-state index < -0.39 is 0 Å². The second-order valence-corrected chi connectivity index (χ2v) is 4.39. The monoisotopic (exact) mass is 172 g/mol. The number of thioether (sulfide) groups is 1. The number of nitrogens with zero attached hydrogens (tertiary/aromatic N) is 2. The van der Waals surface area contributed by atoms with Gasteiger partial charge in [-0.05, 0) is 14.1 Å².